The molecule has 5 heteroatoms. The molecule has 1 aromatic heterocycles. The second-order valence-corrected chi connectivity index (χ2v) is 3.23. The summed E-state index contributed by atoms with van der Waals surface area (Å²) in [5.41, 5.74) is 0. The van der Waals surface area contributed by atoms with Crippen molar-refractivity contribution in [3.05, 3.63) is 24.4 Å². The molecule has 2 amide bonds. The smallest absolute Gasteiger partial charge is 0.267 e. The minimum atomic E-state index is -0.613. The van der Waals surface area contributed by atoms with Crippen LogP contribution in [0.1, 0.15) is 12.8 Å². The summed E-state index contributed by atoms with van der Waals surface area (Å²) in [6.07, 6.45) is 1.68. The second-order valence-electron chi connectivity index (χ2n) is 3.23. The summed E-state index contributed by atoms with van der Waals surface area (Å²) in [6, 6.07) is 5.20. The number of nitrogens with one attached hydrogen (secondary N) is 1. The molecular weight excluding hydrogens is 196 g/mol. The third-order valence-corrected chi connectivity index (χ3v) is 2.09. The Labute approximate surface area is 86.5 Å². The molecule has 1 aromatic rings. The predicted octanol–water partition coefficient (Wildman–Crippen LogP) is 0.266. The average molecular weight is 206 g/mol. The molecule has 15 heavy (non-hydrogen) atoms. The summed E-state index contributed by atoms with van der Waals surface area (Å²) in [4.78, 5) is 26.1. The number of aromatic nitrogens is 1. The third-order valence-electron chi connectivity index (χ3n) is 2.09. The Balaban J connectivity index is 2.01. The van der Waals surface area contributed by atoms with Crippen LogP contribution in [0.25, 0.3) is 0 Å². The van der Waals surface area contributed by atoms with Crippen molar-refractivity contribution in [2.24, 2.45) is 0 Å². The van der Waals surface area contributed by atoms with Crippen molar-refractivity contribution in [2.45, 2.75) is 18.9 Å². The van der Waals surface area contributed by atoms with Gasteiger partial charge in [0.25, 0.3) is 5.91 Å². The fourth-order valence-electron chi connectivity index (χ4n) is 1.35. The number of carbonyl (C=O) groups is 2. The molecule has 0 aliphatic carbocycles. The van der Waals surface area contributed by atoms with Crippen LogP contribution in [0.5, 0.6) is 5.88 Å². The monoisotopic (exact) mass is 206 g/mol. The number of imide groups is 1. The highest BCUT2D eigenvalue weighted by Gasteiger charge is 2.28. The van der Waals surface area contributed by atoms with Gasteiger partial charge in [-0.1, -0.05) is 6.07 Å². The minimum absolute atomic E-state index is 0.249. The lowest BCUT2D eigenvalue weighted by molar-refractivity contribution is -0.139. The lowest BCUT2D eigenvalue weighted by atomic mass is 10.1. The van der Waals surface area contributed by atoms with Gasteiger partial charge in [0.05, 0.1) is 0 Å². The molecule has 1 aliphatic rings. The van der Waals surface area contributed by atoms with Crippen molar-refractivity contribution in [2.75, 3.05) is 0 Å². The molecule has 78 valence electrons. The van der Waals surface area contributed by atoms with E-state index in [1.54, 1.807) is 24.4 Å². The summed E-state index contributed by atoms with van der Waals surface area (Å²) >= 11 is 0. The van der Waals surface area contributed by atoms with E-state index in [1.807, 2.05) is 0 Å². The van der Waals surface area contributed by atoms with Gasteiger partial charge in [-0.15, -0.1) is 0 Å². The highest BCUT2D eigenvalue weighted by atomic mass is 16.5. The van der Waals surface area contributed by atoms with Gasteiger partial charge in [-0.05, 0) is 6.07 Å². The topological polar surface area (TPSA) is 68.3 Å². The van der Waals surface area contributed by atoms with E-state index in [-0.39, 0.29) is 5.91 Å². The van der Waals surface area contributed by atoms with E-state index in [2.05, 4.69) is 10.3 Å². The minimum Gasteiger partial charge on any atom is -0.464 e. The molecule has 2 heterocycles. The molecule has 1 aliphatic heterocycles. The molecule has 1 saturated heterocycles. The third kappa shape index (κ3) is 2.31. The standard InChI is InChI=1S/C10H10N2O3/c13-8-5-4-7(10(14)12-8)15-9-3-1-2-6-11-9/h1-3,6-7H,4-5H2,(H,12,13,14). The number of hydrogen-bond donors (Lipinski definition) is 1. The first-order valence-corrected chi connectivity index (χ1v) is 4.67. The second kappa shape index (κ2) is 4.08. The summed E-state index contributed by atoms with van der Waals surface area (Å²) in [5.74, 6) is -0.246. The van der Waals surface area contributed by atoms with Crippen molar-refractivity contribution >= 4 is 11.8 Å². The van der Waals surface area contributed by atoms with Gasteiger partial charge in [-0.25, -0.2) is 4.98 Å². The molecule has 1 unspecified atom stereocenters. The SMILES string of the molecule is O=C1CCC(Oc2ccccn2)C(=O)N1. The Morgan fingerprint density at radius 2 is 2.27 bits per heavy atom. The Morgan fingerprint density at radius 3 is 2.93 bits per heavy atom. The van der Waals surface area contributed by atoms with Gasteiger partial charge in [0.15, 0.2) is 6.10 Å². The number of piperidine rings is 1. The summed E-state index contributed by atoms with van der Waals surface area (Å²) in [7, 11) is 0. The molecule has 2 rings (SSSR count). The maximum absolute atomic E-state index is 11.3. The van der Waals surface area contributed by atoms with Crippen LogP contribution in [0, 0.1) is 0 Å². The molecule has 1 fully saturated rings. The van der Waals surface area contributed by atoms with E-state index in [1.165, 1.54) is 0 Å². The van der Waals surface area contributed by atoms with Gasteiger partial charge < -0.3 is 4.74 Å². The van der Waals surface area contributed by atoms with E-state index in [4.69, 9.17) is 4.74 Å². The lowest BCUT2D eigenvalue weighted by Gasteiger charge is -2.21. The van der Waals surface area contributed by atoms with Crippen molar-refractivity contribution in [3.8, 4) is 5.88 Å². The zero-order valence-electron chi connectivity index (χ0n) is 7.97. The molecule has 0 spiro atoms. The number of pyridine rings is 1. The van der Waals surface area contributed by atoms with Crippen molar-refractivity contribution in [1.29, 1.82) is 0 Å². The van der Waals surface area contributed by atoms with Gasteiger partial charge in [-0.3, -0.25) is 14.9 Å². The van der Waals surface area contributed by atoms with Gasteiger partial charge in [-0.2, -0.15) is 0 Å². The Kier molecular flexibility index (Phi) is 2.62. The number of nitrogens with zero attached hydrogens (tertiary/aromatic N) is 1. The van der Waals surface area contributed by atoms with E-state index in [0.29, 0.717) is 18.7 Å². The quantitative estimate of drug-likeness (QED) is 0.705. The molecule has 0 radical (unpaired) electrons. The molecule has 1 atom stereocenters. The first kappa shape index (κ1) is 9.64. The highest BCUT2D eigenvalue weighted by molar-refractivity contribution is 5.99. The van der Waals surface area contributed by atoms with Crippen LogP contribution in [0.4, 0.5) is 0 Å². The van der Waals surface area contributed by atoms with E-state index < -0.39 is 12.0 Å². The summed E-state index contributed by atoms with van der Waals surface area (Å²) < 4.78 is 5.34. The number of amides is 2. The van der Waals surface area contributed by atoms with Crippen LogP contribution < -0.4 is 10.1 Å². The van der Waals surface area contributed by atoms with Gasteiger partial charge >= 0.3 is 0 Å². The zero-order chi connectivity index (χ0) is 10.7. The average Bonchev–Trinajstić information content (AvgIpc) is 2.24. The largest absolute Gasteiger partial charge is 0.464 e. The fraction of sp³-hybridized carbons (Fsp3) is 0.300. The highest BCUT2D eigenvalue weighted by Crippen LogP contribution is 2.13. The zero-order valence-corrected chi connectivity index (χ0v) is 7.97. The summed E-state index contributed by atoms with van der Waals surface area (Å²) in [5, 5.41) is 2.22. The van der Waals surface area contributed by atoms with Crippen molar-refractivity contribution < 1.29 is 14.3 Å². The van der Waals surface area contributed by atoms with Crippen LogP contribution in [0.2, 0.25) is 0 Å². The first-order valence-electron chi connectivity index (χ1n) is 4.67. The predicted molar refractivity (Wildman–Crippen MR) is 51.0 cm³/mol. The van der Waals surface area contributed by atoms with Crippen LogP contribution >= 0.6 is 0 Å². The van der Waals surface area contributed by atoms with Crippen LogP contribution in [0.3, 0.4) is 0 Å². The van der Waals surface area contributed by atoms with Crippen LogP contribution in [-0.2, 0) is 9.59 Å². The fourth-order valence-corrected chi connectivity index (χ4v) is 1.35. The van der Waals surface area contributed by atoms with Crippen molar-refractivity contribution in [3.63, 3.8) is 0 Å². The molecule has 1 N–H and O–H groups in total. The Morgan fingerprint density at radius 1 is 1.40 bits per heavy atom. The van der Waals surface area contributed by atoms with Gasteiger partial charge in [0.2, 0.25) is 11.8 Å². The molecular formula is C10H10N2O3. The number of carbonyl (C=O) groups excluding carboxylic acids is 2. The first-order chi connectivity index (χ1) is 7.25. The number of ether oxygens (including phenoxy) is 1. The van der Waals surface area contributed by atoms with Crippen LogP contribution in [-0.4, -0.2) is 22.9 Å². The lowest BCUT2D eigenvalue weighted by Crippen LogP contribution is -2.46. The van der Waals surface area contributed by atoms with E-state index >= 15 is 0 Å². The molecule has 0 aromatic carbocycles. The maximum atomic E-state index is 11.3. The molecule has 5 nitrogen and oxygen atoms in total. The Hall–Kier alpha value is -1.91. The van der Waals surface area contributed by atoms with Crippen molar-refractivity contribution in [1.82, 2.24) is 10.3 Å². The maximum Gasteiger partial charge on any atom is 0.267 e. The molecule has 0 bridgehead atoms. The van der Waals surface area contributed by atoms with Crippen LogP contribution in [0.15, 0.2) is 24.4 Å². The summed E-state index contributed by atoms with van der Waals surface area (Å²) in [6.45, 7) is 0. The normalized spacial score (nSPS) is 20.9. The number of hydrogen-bond acceptors (Lipinski definition) is 4. The van der Waals surface area contributed by atoms with E-state index in [0.717, 1.165) is 0 Å². The van der Waals surface area contributed by atoms with Gasteiger partial charge in [0.1, 0.15) is 0 Å². The van der Waals surface area contributed by atoms with E-state index in [9.17, 15) is 9.59 Å². The Bertz CT molecular complexity index is 378. The molecule has 0 saturated carbocycles. The van der Waals surface area contributed by atoms with Gasteiger partial charge in [0, 0.05) is 25.1 Å². The number of rotatable bonds is 2.